The van der Waals surface area contributed by atoms with E-state index in [1.54, 1.807) is 48.5 Å². The Kier molecular flexibility index (Phi) is 5.06. The van der Waals surface area contributed by atoms with Gasteiger partial charge >= 0.3 is 5.97 Å². The molecule has 2 aromatic carbocycles. The molecule has 144 valence electrons. The minimum absolute atomic E-state index is 0.110. The van der Waals surface area contributed by atoms with Gasteiger partial charge in [0.15, 0.2) is 0 Å². The van der Waals surface area contributed by atoms with Gasteiger partial charge in [0.05, 0.1) is 23.1 Å². The van der Waals surface area contributed by atoms with Crippen LogP contribution in [0.4, 0.5) is 5.69 Å². The maximum absolute atomic E-state index is 12.8. The van der Waals surface area contributed by atoms with Crippen LogP contribution < -0.4 is 9.64 Å². The van der Waals surface area contributed by atoms with Crippen LogP contribution in [-0.4, -0.2) is 17.8 Å². The summed E-state index contributed by atoms with van der Waals surface area (Å²) in [5.41, 5.74) is 0.968. The second-order valence-electron chi connectivity index (χ2n) is 7.53. The quantitative estimate of drug-likeness (QED) is 0.396. The average Bonchev–Trinajstić information content (AvgIpc) is 2.93. The Morgan fingerprint density at radius 2 is 1.61 bits per heavy atom. The summed E-state index contributed by atoms with van der Waals surface area (Å²) in [4.78, 5) is 39.1. The molecule has 0 bridgehead atoms. The summed E-state index contributed by atoms with van der Waals surface area (Å²) < 4.78 is 6.26. The van der Waals surface area contributed by atoms with E-state index < -0.39 is 5.97 Å². The van der Waals surface area contributed by atoms with Crippen LogP contribution >= 0.6 is 15.9 Å². The monoisotopic (exact) mass is 441 g/mol. The van der Waals surface area contributed by atoms with Gasteiger partial charge in [0.2, 0.25) is 11.8 Å². The highest BCUT2D eigenvalue weighted by Crippen LogP contribution is 2.42. The molecule has 28 heavy (non-hydrogen) atoms. The molecule has 2 aliphatic rings. The number of hydrogen-bond acceptors (Lipinski definition) is 4. The summed E-state index contributed by atoms with van der Waals surface area (Å²) in [7, 11) is 0. The normalized spacial score (nSPS) is 24.2. The van der Waals surface area contributed by atoms with E-state index in [4.69, 9.17) is 4.74 Å². The van der Waals surface area contributed by atoms with Crippen molar-refractivity contribution < 1.29 is 19.1 Å². The smallest absolute Gasteiger partial charge is 0.343 e. The first-order valence-electron chi connectivity index (χ1n) is 9.39. The van der Waals surface area contributed by atoms with Crippen LogP contribution in [0.3, 0.4) is 0 Å². The van der Waals surface area contributed by atoms with Gasteiger partial charge in [-0.2, -0.15) is 0 Å². The molecule has 1 heterocycles. The van der Waals surface area contributed by atoms with Crippen molar-refractivity contribution in [3.63, 3.8) is 0 Å². The lowest BCUT2D eigenvalue weighted by atomic mass is 9.76. The van der Waals surface area contributed by atoms with Crippen LogP contribution in [-0.2, 0) is 9.59 Å². The summed E-state index contributed by atoms with van der Waals surface area (Å²) in [6.07, 6.45) is 2.53. The van der Waals surface area contributed by atoms with Crippen LogP contribution in [0.15, 0.2) is 53.0 Å². The SMILES string of the molecule is CC1CCC2C(=O)N(c3ccc(OC(=O)c4ccc(Br)cc4)cc3)C(=O)C2C1. The molecule has 0 radical (unpaired) electrons. The fourth-order valence-electron chi connectivity index (χ4n) is 4.06. The Morgan fingerprint density at radius 3 is 2.29 bits per heavy atom. The highest BCUT2D eigenvalue weighted by Gasteiger charge is 2.49. The zero-order chi connectivity index (χ0) is 19.8. The summed E-state index contributed by atoms with van der Waals surface area (Å²) in [5.74, 6) is -0.249. The zero-order valence-electron chi connectivity index (χ0n) is 15.4. The topological polar surface area (TPSA) is 63.7 Å². The maximum Gasteiger partial charge on any atom is 0.343 e. The largest absolute Gasteiger partial charge is 0.423 e. The molecule has 0 spiro atoms. The van der Waals surface area contributed by atoms with Crippen molar-refractivity contribution in [3.8, 4) is 5.75 Å². The van der Waals surface area contributed by atoms with Crippen molar-refractivity contribution in [1.82, 2.24) is 0 Å². The number of anilines is 1. The molecule has 1 saturated heterocycles. The summed E-state index contributed by atoms with van der Waals surface area (Å²) in [6, 6.07) is 13.4. The van der Waals surface area contributed by atoms with E-state index in [9.17, 15) is 14.4 Å². The first kappa shape index (κ1) is 18.9. The Labute approximate surface area is 171 Å². The summed E-state index contributed by atoms with van der Waals surface area (Å²) >= 11 is 3.33. The van der Waals surface area contributed by atoms with E-state index in [1.165, 1.54) is 4.90 Å². The van der Waals surface area contributed by atoms with Crippen molar-refractivity contribution in [2.45, 2.75) is 26.2 Å². The highest BCUT2D eigenvalue weighted by atomic mass is 79.9. The standard InChI is InChI=1S/C22H20BrNO4/c1-13-2-11-18-19(12-13)21(26)24(20(18)25)16-7-9-17(10-8-16)28-22(27)14-3-5-15(23)6-4-14/h3-10,13,18-19H,2,11-12H2,1H3. The zero-order valence-corrected chi connectivity index (χ0v) is 17.0. The molecule has 4 rings (SSSR count). The van der Waals surface area contributed by atoms with Gasteiger partial charge in [-0.15, -0.1) is 0 Å². The van der Waals surface area contributed by atoms with E-state index in [2.05, 4.69) is 22.9 Å². The van der Waals surface area contributed by atoms with E-state index in [0.717, 1.165) is 23.7 Å². The van der Waals surface area contributed by atoms with Gasteiger partial charge in [0.1, 0.15) is 5.75 Å². The molecule has 0 aromatic heterocycles. The van der Waals surface area contributed by atoms with E-state index in [1.807, 2.05) is 0 Å². The molecule has 6 heteroatoms. The lowest BCUT2D eigenvalue weighted by molar-refractivity contribution is -0.122. The highest BCUT2D eigenvalue weighted by molar-refractivity contribution is 9.10. The molecule has 2 amide bonds. The second-order valence-corrected chi connectivity index (χ2v) is 8.45. The molecular weight excluding hydrogens is 422 g/mol. The van der Waals surface area contributed by atoms with Crippen molar-refractivity contribution in [1.29, 1.82) is 0 Å². The molecule has 0 N–H and O–H groups in total. The summed E-state index contributed by atoms with van der Waals surface area (Å²) in [5, 5.41) is 0. The lowest BCUT2D eigenvalue weighted by Crippen LogP contribution is -2.30. The number of carbonyl (C=O) groups excluding carboxylic acids is 3. The third-order valence-corrected chi connectivity index (χ3v) is 6.10. The van der Waals surface area contributed by atoms with Crippen molar-refractivity contribution in [3.05, 3.63) is 58.6 Å². The summed E-state index contributed by atoms with van der Waals surface area (Å²) in [6.45, 7) is 2.13. The molecular formula is C22H20BrNO4. The Balaban J connectivity index is 1.49. The van der Waals surface area contributed by atoms with Gasteiger partial charge in [0, 0.05) is 4.47 Å². The van der Waals surface area contributed by atoms with Gasteiger partial charge in [-0.25, -0.2) is 4.79 Å². The Bertz CT molecular complexity index is 923. The number of nitrogens with zero attached hydrogens (tertiary/aromatic N) is 1. The van der Waals surface area contributed by atoms with Gasteiger partial charge in [0.25, 0.3) is 0 Å². The molecule has 1 aliphatic heterocycles. The third-order valence-electron chi connectivity index (χ3n) is 5.57. The van der Waals surface area contributed by atoms with Gasteiger partial charge in [-0.05, 0) is 73.7 Å². The molecule has 3 unspecified atom stereocenters. The number of halogens is 1. The Morgan fingerprint density at radius 1 is 0.964 bits per heavy atom. The number of carbonyl (C=O) groups is 3. The number of amides is 2. The first-order valence-corrected chi connectivity index (χ1v) is 10.2. The molecule has 3 atom stereocenters. The Hall–Kier alpha value is -2.47. The number of fused-ring (bicyclic) bond motifs is 1. The van der Waals surface area contributed by atoms with Crippen LogP contribution in [0.25, 0.3) is 0 Å². The molecule has 2 fully saturated rings. The van der Waals surface area contributed by atoms with Gasteiger partial charge in [-0.3, -0.25) is 14.5 Å². The van der Waals surface area contributed by atoms with Crippen molar-refractivity contribution in [2.24, 2.45) is 17.8 Å². The number of benzene rings is 2. The number of hydrogen-bond donors (Lipinski definition) is 0. The number of esters is 1. The van der Waals surface area contributed by atoms with Crippen LogP contribution in [0, 0.1) is 17.8 Å². The van der Waals surface area contributed by atoms with Crippen LogP contribution in [0.1, 0.15) is 36.5 Å². The van der Waals surface area contributed by atoms with Crippen LogP contribution in [0.5, 0.6) is 5.75 Å². The predicted octanol–water partition coefficient (Wildman–Crippen LogP) is 4.59. The van der Waals surface area contributed by atoms with E-state index in [0.29, 0.717) is 22.9 Å². The lowest BCUT2D eigenvalue weighted by Gasteiger charge is -2.25. The minimum atomic E-state index is -0.464. The van der Waals surface area contributed by atoms with Crippen LogP contribution in [0.2, 0.25) is 0 Å². The first-order chi connectivity index (χ1) is 13.4. The number of imide groups is 1. The molecule has 1 saturated carbocycles. The van der Waals surface area contributed by atoms with Crippen molar-refractivity contribution >= 4 is 39.4 Å². The number of rotatable bonds is 3. The minimum Gasteiger partial charge on any atom is -0.423 e. The second kappa shape index (κ2) is 7.51. The van der Waals surface area contributed by atoms with Crippen molar-refractivity contribution in [2.75, 3.05) is 4.90 Å². The molecule has 1 aliphatic carbocycles. The van der Waals surface area contributed by atoms with Gasteiger partial charge in [-0.1, -0.05) is 22.9 Å². The molecule has 5 nitrogen and oxygen atoms in total. The van der Waals surface area contributed by atoms with E-state index in [-0.39, 0.29) is 23.7 Å². The molecule has 2 aromatic rings. The van der Waals surface area contributed by atoms with Gasteiger partial charge < -0.3 is 4.74 Å². The fraction of sp³-hybridized carbons (Fsp3) is 0.318. The average molecular weight is 442 g/mol. The van der Waals surface area contributed by atoms with E-state index >= 15 is 0 Å². The fourth-order valence-corrected chi connectivity index (χ4v) is 4.32. The third kappa shape index (κ3) is 3.49. The predicted molar refractivity (Wildman–Crippen MR) is 108 cm³/mol. The maximum atomic E-state index is 12.8. The number of ether oxygens (including phenoxy) is 1.